The molecule has 4 rings (SSSR count). The minimum absolute atomic E-state index is 0.174. The van der Waals surface area contributed by atoms with E-state index in [1.165, 1.54) is 4.68 Å². The van der Waals surface area contributed by atoms with E-state index in [1.54, 1.807) is 24.5 Å². The highest BCUT2D eigenvalue weighted by Crippen LogP contribution is 2.30. The average Bonchev–Trinajstić information content (AvgIpc) is 3.01. The molecular weight excluding hydrogens is 366 g/mol. The molecule has 0 aliphatic heterocycles. The van der Waals surface area contributed by atoms with E-state index < -0.39 is 0 Å². The second-order valence-electron chi connectivity index (χ2n) is 5.33. The predicted molar refractivity (Wildman–Crippen MR) is 96.8 cm³/mol. The number of pyridine rings is 1. The molecule has 0 bridgehead atoms. The summed E-state index contributed by atoms with van der Waals surface area (Å²) in [7, 11) is 0. The number of nitrogens with zero attached hydrogens (tertiary/aromatic N) is 3. The molecule has 0 amide bonds. The van der Waals surface area contributed by atoms with E-state index in [1.807, 2.05) is 48.5 Å². The van der Waals surface area contributed by atoms with Gasteiger partial charge in [-0.3, -0.25) is 9.78 Å². The highest BCUT2D eigenvalue weighted by molar-refractivity contribution is 9.10. The molecule has 0 N–H and O–H groups in total. The van der Waals surface area contributed by atoms with Crippen LogP contribution in [0.3, 0.4) is 0 Å². The maximum Gasteiger partial charge on any atom is 0.278 e. The number of hydrogen-bond acceptors (Lipinski definition) is 3. The molecule has 4 aromatic rings. The molecule has 24 heavy (non-hydrogen) atoms. The second-order valence-corrected chi connectivity index (χ2v) is 6.24. The number of halogens is 1. The van der Waals surface area contributed by atoms with Crippen LogP contribution in [0.2, 0.25) is 0 Å². The van der Waals surface area contributed by atoms with Crippen LogP contribution in [0.25, 0.3) is 22.2 Å². The van der Waals surface area contributed by atoms with Gasteiger partial charge in [-0.1, -0.05) is 46.3 Å². The fraction of sp³-hybridized carbons (Fsp3) is 0. The van der Waals surface area contributed by atoms with Crippen molar-refractivity contribution in [2.24, 2.45) is 0 Å². The van der Waals surface area contributed by atoms with Gasteiger partial charge in [-0.05, 0) is 30.3 Å². The zero-order chi connectivity index (χ0) is 16.5. The zero-order valence-electron chi connectivity index (χ0n) is 12.6. The van der Waals surface area contributed by atoms with Gasteiger partial charge >= 0.3 is 0 Å². The Labute approximate surface area is 146 Å². The highest BCUT2D eigenvalue weighted by Gasteiger charge is 2.18. The molecular formula is C19H12BrN3O. The van der Waals surface area contributed by atoms with Crippen molar-refractivity contribution in [3.05, 3.63) is 83.1 Å². The van der Waals surface area contributed by atoms with Crippen molar-refractivity contribution in [1.82, 2.24) is 14.8 Å². The molecule has 0 saturated carbocycles. The first-order valence-corrected chi connectivity index (χ1v) is 8.22. The Morgan fingerprint density at radius 1 is 0.958 bits per heavy atom. The molecule has 0 fully saturated rings. The third kappa shape index (κ3) is 2.53. The molecule has 4 nitrogen and oxygen atoms in total. The van der Waals surface area contributed by atoms with Gasteiger partial charge in [-0.15, -0.1) is 0 Å². The number of carbonyl (C=O) groups excluding carboxylic acids is 1. The van der Waals surface area contributed by atoms with Crippen LogP contribution in [-0.2, 0) is 0 Å². The van der Waals surface area contributed by atoms with Gasteiger partial charge in [0.05, 0.1) is 5.52 Å². The van der Waals surface area contributed by atoms with Crippen LogP contribution in [0, 0.1) is 0 Å². The van der Waals surface area contributed by atoms with Crippen LogP contribution in [0.15, 0.2) is 77.5 Å². The van der Waals surface area contributed by atoms with Crippen LogP contribution in [0.1, 0.15) is 10.4 Å². The Kier molecular flexibility index (Phi) is 3.70. The number of benzene rings is 2. The van der Waals surface area contributed by atoms with Gasteiger partial charge < -0.3 is 0 Å². The Hall–Kier alpha value is -2.79. The quantitative estimate of drug-likeness (QED) is 0.514. The zero-order valence-corrected chi connectivity index (χ0v) is 14.1. The summed E-state index contributed by atoms with van der Waals surface area (Å²) in [5.74, 6) is -0.174. The maximum atomic E-state index is 12.9. The molecule has 0 unspecified atom stereocenters. The monoisotopic (exact) mass is 377 g/mol. The van der Waals surface area contributed by atoms with Gasteiger partial charge in [-0.25, -0.2) is 0 Å². The summed E-state index contributed by atoms with van der Waals surface area (Å²) >= 11 is 3.50. The molecule has 0 aliphatic rings. The summed E-state index contributed by atoms with van der Waals surface area (Å²) < 4.78 is 2.41. The predicted octanol–water partition coefficient (Wildman–Crippen LogP) is 4.55. The Morgan fingerprint density at radius 3 is 2.46 bits per heavy atom. The van der Waals surface area contributed by atoms with E-state index in [0.29, 0.717) is 5.56 Å². The third-order valence-electron chi connectivity index (χ3n) is 3.81. The van der Waals surface area contributed by atoms with Gasteiger partial charge in [0, 0.05) is 33.4 Å². The van der Waals surface area contributed by atoms with Crippen molar-refractivity contribution in [3.8, 4) is 11.3 Å². The topological polar surface area (TPSA) is 47.8 Å². The normalized spacial score (nSPS) is 10.9. The highest BCUT2D eigenvalue weighted by atomic mass is 79.9. The van der Waals surface area contributed by atoms with E-state index in [-0.39, 0.29) is 5.91 Å². The lowest BCUT2D eigenvalue weighted by Crippen LogP contribution is -2.13. The van der Waals surface area contributed by atoms with Gasteiger partial charge in [0.1, 0.15) is 5.69 Å². The maximum absolute atomic E-state index is 12.9. The van der Waals surface area contributed by atoms with E-state index in [4.69, 9.17) is 0 Å². The second kappa shape index (κ2) is 6.02. The Balaban J connectivity index is 1.96. The van der Waals surface area contributed by atoms with E-state index in [9.17, 15) is 4.79 Å². The summed E-state index contributed by atoms with van der Waals surface area (Å²) in [6.45, 7) is 0. The van der Waals surface area contributed by atoms with Crippen molar-refractivity contribution in [2.45, 2.75) is 0 Å². The summed E-state index contributed by atoms with van der Waals surface area (Å²) in [6.07, 6.45) is 3.21. The first-order chi connectivity index (χ1) is 11.7. The van der Waals surface area contributed by atoms with Crippen molar-refractivity contribution in [3.63, 3.8) is 0 Å². The fourth-order valence-electron chi connectivity index (χ4n) is 2.67. The number of fused-ring (bicyclic) bond motifs is 1. The summed E-state index contributed by atoms with van der Waals surface area (Å²) in [5, 5.41) is 5.53. The SMILES string of the molecule is O=C(c1ccncc1)n1nc(-c2ccccc2)c2cc(Br)ccc21. The van der Waals surface area contributed by atoms with E-state index >= 15 is 0 Å². The number of hydrogen-bond donors (Lipinski definition) is 0. The molecule has 2 heterocycles. The molecule has 0 aliphatic carbocycles. The molecule has 5 heteroatoms. The number of rotatable bonds is 2. The lowest BCUT2D eigenvalue weighted by atomic mass is 10.1. The first kappa shape index (κ1) is 14.8. The van der Waals surface area contributed by atoms with Crippen molar-refractivity contribution < 1.29 is 4.79 Å². The van der Waals surface area contributed by atoms with Gasteiger partial charge in [0.2, 0.25) is 0 Å². The molecule has 0 atom stereocenters. The standard InChI is InChI=1S/C19H12BrN3O/c20-15-6-7-17-16(12-15)18(13-4-2-1-3-5-13)22-23(17)19(24)14-8-10-21-11-9-14/h1-12H. The smallest absolute Gasteiger partial charge is 0.267 e. The lowest BCUT2D eigenvalue weighted by Gasteiger charge is -2.02. The number of aromatic nitrogens is 3. The van der Waals surface area contributed by atoms with Crippen molar-refractivity contribution in [1.29, 1.82) is 0 Å². The molecule has 2 aromatic heterocycles. The Morgan fingerprint density at radius 2 is 1.71 bits per heavy atom. The van der Waals surface area contributed by atoms with E-state index in [0.717, 1.165) is 26.6 Å². The fourth-order valence-corrected chi connectivity index (χ4v) is 3.03. The van der Waals surface area contributed by atoms with Crippen LogP contribution >= 0.6 is 15.9 Å². The molecule has 0 radical (unpaired) electrons. The Bertz CT molecular complexity index is 1030. The van der Waals surface area contributed by atoms with Gasteiger partial charge in [0.25, 0.3) is 5.91 Å². The first-order valence-electron chi connectivity index (χ1n) is 7.42. The minimum Gasteiger partial charge on any atom is -0.267 e. The molecule has 2 aromatic carbocycles. The summed E-state index contributed by atoms with van der Waals surface area (Å²) in [5.41, 5.74) is 3.09. The summed E-state index contributed by atoms with van der Waals surface area (Å²) in [4.78, 5) is 16.8. The van der Waals surface area contributed by atoms with Gasteiger partial charge in [-0.2, -0.15) is 9.78 Å². The minimum atomic E-state index is -0.174. The lowest BCUT2D eigenvalue weighted by molar-refractivity contribution is 0.0950. The largest absolute Gasteiger partial charge is 0.278 e. The van der Waals surface area contributed by atoms with E-state index in [2.05, 4.69) is 26.0 Å². The molecule has 0 spiro atoms. The van der Waals surface area contributed by atoms with Crippen LogP contribution < -0.4 is 0 Å². The number of carbonyl (C=O) groups is 1. The molecule has 116 valence electrons. The average molecular weight is 378 g/mol. The van der Waals surface area contributed by atoms with Gasteiger partial charge in [0.15, 0.2) is 0 Å². The summed E-state index contributed by atoms with van der Waals surface area (Å²) in [6, 6.07) is 19.0. The van der Waals surface area contributed by atoms with Crippen LogP contribution in [0.5, 0.6) is 0 Å². The van der Waals surface area contributed by atoms with Crippen LogP contribution in [-0.4, -0.2) is 20.7 Å². The van der Waals surface area contributed by atoms with Crippen molar-refractivity contribution >= 4 is 32.7 Å². The molecule has 0 saturated heterocycles. The third-order valence-corrected chi connectivity index (χ3v) is 4.30. The van der Waals surface area contributed by atoms with Crippen LogP contribution in [0.4, 0.5) is 0 Å². The van der Waals surface area contributed by atoms with Crippen molar-refractivity contribution in [2.75, 3.05) is 0 Å².